The van der Waals surface area contributed by atoms with Crippen molar-refractivity contribution in [1.29, 1.82) is 0 Å². The summed E-state index contributed by atoms with van der Waals surface area (Å²) in [6.45, 7) is 8.70. The number of amides is 1. The Morgan fingerprint density at radius 3 is 2.05 bits per heavy atom. The Balaban J connectivity index is 1.41. The Kier molecular flexibility index (Phi) is 11.9. The van der Waals surface area contributed by atoms with Crippen LogP contribution in [-0.2, 0) is 9.53 Å². The van der Waals surface area contributed by atoms with Gasteiger partial charge < -0.3 is 15.2 Å². The van der Waals surface area contributed by atoms with Gasteiger partial charge in [0.1, 0.15) is 12.6 Å². The molecule has 0 unspecified atom stereocenters. The van der Waals surface area contributed by atoms with E-state index >= 15 is 0 Å². The van der Waals surface area contributed by atoms with Crippen LogP contribution in [0.4, 0.5) is 4.79 Å². The average molecular weight is 548 g/mol. The standard InChI is InChI=1S/C33H41NO4S/c1-23(2)11-9-12-24(3)13-10-14-25(4)19-20-39-22-31(32(35)36)34-33(37)38-21-30-28-17-7-5-15-26(28)27-16-6-8-18-29(27)30/h5-8,11,13,15-19,30-31H,9-10,12,14,20-22H2,1-4H3,(H,34,37)(H,35,36)/t31-/m0/s1. The van der Waals surface area contributed by atoms with Gasteiger partial charge in [-0.15, -0.1) is 0 Å². The molecule has 1 aliphatic rings. The lowest BCUT2D eigenvalue weighted by atomic mass is 9.98. The van der Waals surface area contributed by atoms with E-state index in [1.807, 2.05) is 24.3 Å². The third-order valence-electron chi connectivity index (χ3n) is 6.89. The number of aliphatic carboxylic acids is 1. The summed E-state index contributed by atoms with van der Waals surface area (Å²) in [5, 5.41) is 12.2. The van der Waals surface area contributed by atoms with E-state index in [0.717, 1.165) is 47.9 Å². The summed E-state index contributed by atoms with van der Waals surface area (Å²) >= 11 is 1.49. The first kappa shape index (κ1) is 30.3. The summed E-state index contributed by atoms with van der Waals surface area (Å²) in [4.78, 5) is 24.3. The highest BCUT2D eigenvalue weighted by molar-refractivity contribution is 7.99. The maximum absolute atomic E-state index is 12.5. The summed E-state index contributed by atoms with van der Waals surface area (Å²) in [7, 11) is 0. The minimum absolute atomic E-state index is 0.0649. The molecule has 0 saturated heterocycles. The number of fused-ring (bicyclic) bond motifs is 3. The normalized spacial score (nSPS) is 13.8. The molecule has 0 aromatic heterocycles. The molecule has 39 heavy (non-hydrogen) atoms. The predicted octanol–water partition coefficient (Wildman–Crippen LogP) is 8.13. The van der Waals surface area contributed by atoms with E-state index in [9.17, 15) is 14.7 Å². The Morgan fingerprint density at radius 1 is 0.897 bits per heavy atom. The quantitative estimate of drug-likeness (QED) is 0.184. The monoisotopic (exact) mass is 547 g/mol. The van der Waals surface area contributed by atoms with E-state index in [-0.39, 0.29) is 18.3 Å². The van der Waals surface area contributed by atoms with Gasteiger partial charge in [-0.25, -0.2) is 9.59 Å². The molecule has 3 rings (SSSR count). The number of carboxylic acid groups (broad SMARTS) is 1. The molecule has 1 aliphatic carbocycles. The van der Waals surface area contributed by atoms with Crippen LogP contribution in [0, 0.1) is 0 Å². The second kappa shape index (κ2) is 15.4. The highest BCUT2D eigenvalue weighted by Crippen LogP contribution is 2.44. The Hall–Kier alpha value is -3.25. The molecule has 6 heteroatoms. The first-order valence-electron chi connectivity index (χ1n) is 13.6. The molecule has 0 radical (unpaired) electrons. The highest BCUT2D eigenvalue weighted by Gasteiger charge is 2.29. The molecule has 2 aromatic carbocycles. The number of hydrogen-bond acceptors (Lipinski definition) is 4. The van der Waals surface area contributed by atoms with Crippen molar-refractivity contribution < 1.29 is 19.4 Å². The molecule has 0 spiro atoms. The molecule has 1 atom stereocenters. The van der Waals surface area contributed by atoms with Crippen LogP contribution in [0.5, 0.6) is 0 Å². The van der Waals surface area contributed by atoms with Crippen molar-refractivity contribution in [2.75, 3.05) is 18.1 Å². The lowest BCUT2D eigenvalue weighted by molar-refractivity contribution is -0.138. The fourth-order valence-electron chi connectivity index (χ4n) is 4.68. The SMILES string of the molecule is CC(C)=CCCC(C)=CCCC(C)=CCSC[C@H](NC(=O)OCC1c2ccccc2-c2ccccc21)C(=O)O. The lowest BCUT2D eigenvalue weighted by Crippen LogP contribution is -2.43. The van der Waals surface area contributed by atoms with Gasteiger partial charge in [0.2, 0.25) is 0 Å². The second-order valence-corrected chi connectivity index (χ2v) is 11.4. The summed E-state index contributed by atoms with van der Waals surface area (Å²) in [6.07, 6.45) is 10.2. The van der Waals surface area contributed by atoms with E-state index in [1.165, 1.54) is 28.5 Å². The first-order chi connectivity index (χ1) is 18.8. The number of carbonyl (C=O) groups is 2. The van der Waals surface area contributed by atoms with Crippen LogP contribution < -0.4 is 5.32 Å². The fraction of sp³-hybridized carbons (Fsp3) is 0.394. The van der Waals surface area contributed by atoms with Gasteiger partial charge in [-0.3, -0.25) is 0 Å². The molecule has 2 N–H and O–H groups in total. The zero-order valence-corrected chi connectivity index (χ0v) is 24.4. The van der Waals surface area contributed by atoms with E-state index in [1.54, 1.807) is 0 Å². The van der Waals surface area contributed by atoms with Crippen molar-refractivity contribution in [2.24, 2.45) is 0 Å². The van der Waals surface area contributed by atoms with Crippen LogP contribution in [0.25, 0.3) is 11.1 Å². The van der Waals surface area contributed by atoms with Crippen LogP contribution in [0.1, 0.15) is 70.4 Å². The van der Waals surface area contributed by atoms with Gasteiger partial charge in [0, 0.05) is 17.4 Å². The minimum atomic E-state index is -1.06. The Labute approximate surface area is 237 Å². The number of benzene rings is 2. The molecule has 2 aromatic rings. The number of thioether (sulfide) groups is 1. The fourth-order valence-corrected chi connectivity index (χ4v) is 5.68. The highest BCUT2D eigenvalue weighted by atomic mass is 32.2. The predicted molar refractivity (Wildman–Crippen MR) is 162 cm³/mol. The molecule has 0 aliphatic heterocycles. The number of rotatable bonds is 14. The third kappa shape index (κ3) is 9.47. The summed E-state index contributed by atoms with van der Waals surface area (Å²) in [6, 6.07) is 15.2. The summed E-state index contributed by atoms with van der Waals surface area (Å²) in [5.41, 5.74) is 8.59. The maximum atomic E-state index is 12.5. The molecule has 0 saturated carbocycles. The summed E-state index contributed by atoms with van der Waals surface area (Å²) < 4.78 is 5.52. The van der Waals surface area contributed by atoms with Crippen LogP contribution in [0.2, 0.25) is 0 Å². The molecule has 0 fully saturated rings. The van der Waals surface area contributed by atoms with Crippen molar-refractivity contribution in [1.82, 2.24) is 5.32 Å². The molecule has 1 amide bonds. The Bertz CT molecular complexity index is 1180. The number of ether oxygens (including phenoxy) is 1. The molecular formula is C33H41NO4S. The van der Waals surface area contributed by atoms with Gasteiger partial charge in [0.15, 0.2) is 0 Å². The summed E-state index contributed by atoms with van der Waals surface area (Å²) in [5.74, 6) is -0.159. The van der Waals surface area contributed by atoms with Gasteiger partial charge in [0.05, 0.1) is 0 Å². The van der Waals surface area contributed by atoms with Gasteiger partial charge in [-0.1, -0.05) is 83.5 Å². The number of alkyl carbamates (subject to hydrolysis) is 1. The van der Waals surface area contributed by atoms with E-state index < -0.39 is 18.1 Å². The topological polar surface area (TPSA) is 75.6 Å². The van der Waals surface area contributed by atoms with Crippen LogP contribution in [-0.4, -0.2) is 41.3 Å². The number of nitrogens with one attached hydrogen (secondary N) is 1. The molecular weight excluding hydrogens is 506 g/mol. The molecule has 5 nitrogen and oxygen atoms in total. The van der Waals surface area contributed by atoms with Gasteiger partial charge >= 0.3 is 12.1 Å². The van der Waals surface area contributed by atoms with Gasteiger partial charge in [0.25, 0.3) is 0 Å². The number of carboxylic acids is 1. The smallest absolute Gasteiger partial charge is 0.407 e. The maximum Gasteiger partial charge on any atom is 0.407 e. The number of carbonyl (C=O) groups excluding carboxylic acids is 1. The first-order valence-corrected chi connectivity index (χ1v) is 14.8. The van der Waals surface area contributed by atoms with Crippen molar-refractivity contribution in [3.05, 3.63) is 94.6 Å². The molecule has 0 heterocycles. The third-order valence-corrected chi connectivity index (χ3v) is 7.86. The number of allylic oxidation sites excluding steroid dienone is 5. The zero-order valence-electron chi connectivity index (χ0n) is 23.5. The van der Waals surface area contributed by atoms with Crippen molar-refractivity contribution >= 4 is 23.8 Å². The van der Waals surface area contributed by atoms with Crippen LogP contribution in [0.15, 0.2) is 83.5 Å². The van der Waals surface area contributed by atoms with Gasteiger partial charge in [-0.2, -0.15) is 11.8 Å². The zero-order chi connectivity index (χ0) is 28.2. The van der Waals surface area contributed by atoms with Crippen molar-refractivity contribution in [2.45, 2.75) is 65.3 Å². The molecule has 208 valence electrons. The molecule has 0 bridgehead atoms. The van der Waals surface area contributed by atoms with Crippen molar-refractivity contribution in [3.8, 4) is 11.1 Å². The Morgan fingerprint density at radius 2 is 1.46 bits per heavy atom. The van der Waals surface area contributed by atoms with E-state index in [0.29, 0.717) is 5.75 Å². The van der Waals surface area contributed by atoms with Crippen LogP contribution >= 0.6 is 11.8 Å². The largest absolute Gasteiger partial charge is 0.480 e. The second-order valence-electron chi connectivity index (χ2n) is 10.4. The van der Waals surface area contributed by atoms with Crippen LogP contribution in [0.3, 0.4) is 0 Å². The van der Waals surface area contributed by atoms with E-state index in [2.05, 4.69) is 75.5 Å². The van der Waals surface area contributed by atoms with Crippen molar-refractivity contribution in [3.63, 3.8) is 0 Å². The minimum Gasteiger partial charge on any atom is -0.480 e. The lowest BCUT2D eigenvalue weighted by Gasteiger charge is -2.17. The average Bonchev–Trinajstić information content (AvgIpc) is 3.22. The van der Waals surface area contributed by atoms with E-state index in [4.69, 9.17) is 4.74 Å². The van der Waals surface area contributed by atoms with Gasteiger partial charge in [-0.05, 0) is 75.6 Å². The number of hydrogen-bond donors (Lipinski definition) is 2.